The summed E-state index contributed by atoms with van der Waals surface area (Å²) in [4.78, 5) is 13.5. The number of hydrogen-bond donors (Lipinski definition) is 0. The van der Waals surface area contributed by atoms with E-state index < -0.39 is 5.41 Å². The second-order valence-corrected chi connectivity index (χ2v) is 7.04. The van der Waals surface area contributed by atoms with Gasteiger partial charge in [0.2, 0.25) is 0 Å². The van der Waals surface area contributed by atoms with Crippen LogP contribution in [0.5, 0.6) is 0 Å². The van der Waals surface area contributed by atoms with E-state index in [2.05, 4.69) is 62.4 Å². The molecule has 2 aliphatic carbocycles. The van der Waals surface area contributed by atoms with Crippen molar-refractivity contribution in [2.45, 2.75) is 44.9 Å². The van der Waals surface area contributed by atoms with Crippen LogP contribution in [0.15, 0.2) is 60.2 Å². The Morgan fingerprint density at radius 3 is 2.24 bits per heavy atom. The second kappa shape index (κ2) is 6.15. The van der Waals surface area contributed by atoms with Crippen LogP contribution in [0.4, 0.5) is 0 Å². The van der Waals surface area contributed by atoms with E-state index in [1.165, 1.54) is 27.8 Å². The fraction of sp³-hybridized carbons (Fsp3) is 0.292. The van der Waals surface area contributed by atoms with Gasteiger partial charge in [0.1, 0.15) is 5.41 Å². The standard InChI is InChI=1S/C24H24O/c1-3-9-18-19-12-6-8-14-22(19)24(21(18)10-4-2)20-13-7-5-11-17(20)15-16-23(24)25/h5-8,11-16H,3-4,9-10H2,1-2H3. The molecule has 0 saturated heterocycles. The van der Waals surface area contributed by atoms with Crippen molar-refractivity contribution in [1.82, 2.24) is 0 Å². The molecule has 126 valence electrons. The summed E-state index contributed by atoms with van der Waals surface area (Å²) < 4.78 is 0. The first-order valence-electron chi connectivity index (χ1n) is 9.39. The molecule has 0 aromatic heterocycles. The third kappa shape index (κ3) is 2.12. The van der Waals surface area contributed by atoms with Crippen molar-refractivity contribution < 1.29 is 4.79 Å². The van der Waals surface area contributed by atoms with Crippen LogP contribution in [0.3, 0.4) is 0 Å². The number of ketones is 1. The predicted molar refractivity (Wildman–Crippen MR) is 104 cm³/mol. The van der Waals surface area contributed by atoms with Crippen LogP contribution >= 0.6 is 0 Å². The van der Waals surface area contributed by atoms with Gasteiger partial charge in [0, 0.05) is 0 Å². The number of fused-ring (bicyclic) bond motifs is 4. The quantitative estimate of drug-likeness (QED) is 0.679. The molecular formula is C24H24O. The molecule has 0 saturated carbocycles. The predicted octanol–water partition coefficient (Wildman–Crippen LogP) is 5.94. The number of carbonyl (C=O) groups excluding carboxylic acids is 1. The molecule has 4 rings (SSSR count). The van der Waals surface area contributed by atoms with E-state index in [1.807, 2.05) is 6.08 Å². The second-order valence-electron chi connectivity index (χ2n) is 7.04. The fourth-order valence-electron chi connectivity index (χ4n) is 4.74. The van der Waals surface area contributed by atoms with Gasteiger partial charge in [0.25, 0.3) is 0 Å². The third-order valence-corrected chi connectivity index (χ3v) is 5.62. The highest BCUT2D eigenvalue weighted by Crippen LogP contribution is 2.55. The van der Waals surface area contributed by atoms with Crippen molar-refractivity contribution in [2.24, 2.45) is 0 Å². The van der Waals surface area contributed by atoms with Crippen molar-refractivity contribution in [3.8, 4) is 0 Å². The Bertz CT molecular complexity index is 900. The summed E-state index contributed by atoms with van der Waals surface area (Å²) in [7, 11) is 0. The lowest BCUT2D eigenvalue weighted by atomic mass is 9.64. The molecule has 25 heavy (non-hydrogen) atoms. The molecule has 0 bridgehead atoms. The van der Waals surface area contributed by atoms with Gasteiger partial charge in [0.05, 0.1) is 0 Å². The maximum atomic E-state index is 13.5. The minimum Gasteiger partial charge on any atom is -0.293 e. The molecule has 1 nitrogen and oxygen atoms in total. The molecule has 0 N–H and O–H groups in total. The van der Waals surface area contributed by atoms with Gasteiger partial charge < -0.3 is 0 Å². The first-order valence-corrected chi connectivity index (χ1v) is 9.39. The highest BCUT2D eigenvalue weighted by molar-refractivity contribution is 6.13. The van der Waals surface area contributed by atoms with E-state index in [1.54, 1.807) is 6.08 Å². The van der Waals surface area contributed by atoms with Gasteiger partial charge in [-0.05, 0) is 52.3 Å². The minimum absolute atomic E-state index is 0.216. The molecule has 0 heterocycles. The average Bonchev–Trinajstić information content (AvgIpc) is 2.91. The lowest BCUT2D eigenvalue weighted by Gasteiger charge is -2.36. The van der Waals surface area contributed by atoms with Crippen molar-refractivity contribution in [3.05, 3.63) is 82.4 Å². The van der Waals surface area contributed by atoms with Crippen molar-refractivity contribution in [2.75, 3.05) is 0 Å². The molecule has 0 amide bonds. The van der Waals surface area contributed by atoms with Gasteiger partial charge in [-0.25, -0.2) is 0 Å². The summed E-state index contributed by atoms with van der Waals surface area (Å²) in [5.41, 5.74) is 6.92. The van der Waals surface area contributed by atoms with E-state index >= 15 is 0 Å². The molecule has 2 aromatic rings. The zero-order valence-electron chi connectivity index (χ0n) is 15.0. The summed E-state index contributed by atoms with van der Waals surface area (Å²) in [5.74, 6) is 0.216. The lowest BCUT2D eigenvalue weighted by molar-refractivity contribution is -0.117. The molecule has 2 aliphatic rings. The van der Waals surface area contributed by atoms with Gasteiger partial charge in [-0.3, -0.25) is 4.79 Å². The highest BCUT2D eigenvalue weighted by atomic mass is 16.1. The number of carbonyl (C=O) groups is 1. The topological polar surface area (TPSA) is 17.1 Å². The van der Waals surface area contributed by atoms with Crippen LogP contribution in [0.2, 0.25) is 0 Å². The first-order chi connectivity index (χ1) is 12.2. The van der Waals surface area contributed by atoms with Crippen LogP contribution in [0.1, 0.15) is 61.8 Å². The SMILES string of the molecule is CCCC1=C(CCC)C2(C(=O)C=Cc3ccccc32)c2ccccc21. The Morgan fingerprint density at radius 2 is 1.48 bits per heavy atom. The van der Waals surface area contributed by atoms with Gasteiger partial charge in [-0.15, -0.1) is 0 Å². The molecule has 2 aromatic carbocycles. The van der Waals surface area contributed by atoms with Crippen LogP contribution in [-0.4, -0.2) is 5.78 Å². The number of benzene rings is 2. The molecule has 0 radical (unpaired) electrons. The third-order valence-electron chi connectivity index (χ3n) is 5.62. The maximum absolute atomic E-state index is 13.5. The molecule has 1 atom stereocenters. The van der Waals surface area contributed by atoms with E-state index in [0.717, 1.165) is 31.2 Å². The Balaban J connectivity index is 2.11. The molecule has 1 heteroatoms. The average molecular weight is 328 g/mol. The Kier molecular flexibility index (Phi) is 3.95. The number of allylic oxidation sites excluding steroid dienone is 3. The zero-order chi connectivity index (χ0) is 17.4. The summed E-state index contributed by atoms with van der Waals surface area (Å²) >= 11 is 0. The Labute approximate surface area is 150 Å². The smallest absolute Gasteiger partial charge is 0.174 e. The van der Waals surface area contributed by atoms with E-state index in [9.17, 15) is 4.79 Å². The number of hydrogen-bond acceptors (Lipinski definition) is 1. The lowest BCUT2D eigenvalue weighted by Crippen LogP contribution is -2.39. The van der Waals surface area contributed by atoms with E-state index in [0.29, 0.717) is 0 Å². The Hall–Kier alpha value is -2.41. The van der Waals surface area contributed by atoms with Crippen molar-refractivity contribution in [3.63, 3.8) is 0 Å². The highest BCUT2D eigenvalue weighted by Gasteiger charge is 2.51. The monoisotopic (exact) mass is 328 g/mol. The largest absolute Gasteiger partial charge is 0.293 e. The molecule has 1 unspecified atom stereocenters. The summed E-state index contributed by atoms with van der Waals surface area (Å²) in [6, 6.07) is 17.0. The molecule has 0 fully saturated rings. The summed E-state index contributed by atoms with van der Waals surface area (Å²) in [6.07, 6.45) is 7.93. The fourth-order valence-corrected chi connectivity index (χ4v) is 4.74. The maximum Gasteiger partial charge on any atom is 0.174 e. The van der Waals surface area contributed by atoms with Crippen LogP contribution < -0.4 is 0 Å². The van der Waals surface area contributed by atoms with E-state index in [4.69, 9.17) is 0 Å². The van der Waals surface area contributed by atoms with Crippen molar-refractivity contribution in [1.29, 1.82) is 0 Å². The summed E-state index contributed by atoms with van der Waals surface area (Å²) in [5, 5.41) is 0. The Morgan fingerprint density at radius 1 is 0.800 bits per heavy atom. The van der Waals surface area contributed by atoms with Gasteiger partial charge in [-0.2, -0.15) is 0 Å². The zero-order valence-corrected chi connectivity index (χ0v) is 15.0. The van der Waals surface area contributed by atoms with Gasteiger partial charge in [-0.1, -0.05) is 81.3 Å². The van der Waals surface area contributed by atoms with Crippen LogP contribution in [0, 0.1) is 0 Å². The molecule has 1 spiro atoms. The van der Waals surface area contributed by atoms with E-state index in [-0.39, 0.29) is 5.78 Å². The van der Waals surface area contributed by atoms with Gasteiger partial charge >= 0.3 is 0 Å². The van der Waals surface area contributed by atoms with Crippen LogP contribution in [-0.2, 0) is 10.2 Å². The normalized spacial score (nSPS) is 21.0. The first kappa shape index (κ1) is 16.1. The number of rotatable bonds is 4. The van der Waals surface area contributed by atoms with Crippen LogP contribution in [0.25, 0.3) is 11.6 Å². The molecular weight excluding hydrogens is 304 g/mol. The molecule has 0 aliphatic heterocycles. The minimum atomic E-state index is -0.609. The summed E-state index contributed by atoms with van der Waals surface area (Å²) in [6.45, 7) is 4.43. The van der Waals surface area contributed by atoms with Gasteiger partial charge in [0.15, 0.2) is 5.78 Å². The van der Waals surface area contributed by atoms with Crippen molar-refractivity contribution >= 4 is 17.4 Å².